The van der Waals surface area contributed by atoms with Crippen LogP contribution in [0.5, 0.6) is 0 Å². The number of hydrogen-bond acceptors (Lipinski definition) is 4. The Morgan fingerprint density at radius 1 is 1.23 bits per heavy atom. The molecule has 0 unspecified atom stereocenters. The molecule has 0 saturated carbocycles. The second-order valence-electron chi connectivity index (χ2n) is 4.86. The molecular weight excluding hydrogens is 304 g/mol. The first-order valence-electron chi connectivity index (χ1n) is 6.72. The van der Waals surface area contributed by atoms with E-state index in [9.17, 15) is 13.2 Å². The predicted molar refractivity (Wildman–Crippen MR) is 83.9 cm³/mol. The van der Waals surface area contributed by atoms with Crippen molar-refractivity contribution in [1.29, 1.82) is 0 Å². The van der Waals surface area contributed by atoms with Crippen molar-refractivity contribution < 1.29 is 17.6 Å². The highest BCUT2D eigenvalue weighted by Crippen LogP contribution is 2.19. The molecule has 6 nitrogen and oxygen atoms in total. The molecule has 1 aromatic carbocycles. The summed E-state index contributed by atoms with van der Waals surface area (Å²) < 4.78 is 30.6. The lowest BCUT2D eigenvalue weighted by molar-refractivity contribution is -0.116. The summed E-state index contributed by atoms with van der Waals surface area (Å²) in [6, 6.07) is 10.7. The van der Waals surface area contributed by atoms with Gasteiger partial charge in [0.25, 0.3) is 0 Å². The van der Waals surface area contributed by atoms with Crippen LogP contribution in [0.3, 0.4) is 0 Å². The summed E-state index contributed by atoms with van der Waals surface area (Å²) in [7, 11) is -2.35. The summed E-state index contributed by atoms with van der Waals surface area (Å²) in [5, 5.41) is 0. The number of furan rings is 1. The van der Waals surface area contributed by atoms with Gasteiger partial charge in [-0.25, -0.2) is 13.1 Å². The molecule has 0 radical (unpaired) electrons. The van der Waals surface area contributed by atoms with Gasteiger partial charge in [-0.15, -0.1) is 0 Å². The molecule has 1 heterocycles. The van der Waals surface area contributed by atoms with Gasteiger partial charge in [-0.1, -0.05) is 17.7 Å². The van der Waals surface area contributed by atoms with Crippen LogP contribution in [0, 0.1) is 6.92 Å². The minimum atomic E-state index is -3.63. The van der Waals surface area contributed by atoms with Gasteiger partial charge in [0.2, 0.25) is 15.9 Å². The molecule has 1 aromatic heterocycles. The van der Waals surface area contributed by atoms with Crippen molar-refractivity contribution in [2.45, 2.75) is 13.5 Å². The number of nitrogens with one attached hydrogen (secondary N) is 1. The van der Waals surface area contributed by atoms with Crippen molar-refractivity contribution in [1.82, 2.24) is 4.72 Å². The lowest BCUT2D eigenvalue weighted by atomic mass is 10.2. The Kier molecular flexibility index (Phi) is 4.99. The average Bonchev–Trinajstić information content (AvgIpc) is 2.98. The van der Waals surface area contributed by atoms with E-state index in [-0.39, 0.29) is 6.54 Å². The summed E-state index contributed by atoms with van der Waals surface area (Å²) in [6.07, 6.45) is 1.51. The molecule has 22 heavy (non-hydrogen) atoms. The lowest BCUT2D eigenvalue weighted by Crippen LogP contribution is -2.38. The Balaban J connectivity index is 2.28. The van der Waals surface area contributed by atoms with Crippen LogP contribution < -0.4 is 9.62 Å². The monoisotopic (exact) mass is 322 g/mol. The van der Waals surface area contributed by atoms with E-state index in [1.54, 1.807) is 24.3 Å². The molecule has 2 aromatic rings. The molecule has 0 saturated heterocycles. The average molecular weight is 322 g/mol. The van der Waals surface area contributed by atoms with E-state index < -0.39 is 21.7 Å². The van der Waals surface area contributed by atoms with Crippen molar-refractivity contribution in [2.75, 3.05) is 17.7 Å². The largest absolute Gasteiger partial charge is 0.467 e. The zero-order valence-corrected chi connectivity index (χ0v) is 13.3. The topological polar surface area (TPSA) is 79.6 Å². The smallest absolute Gasteiger partial charge is 0.244 e. The molecular formula is C15H18N2O4S. The summed E-state index contributed by atoms with van der Waals surface area (Å²) in [5.41, 5.74) is 1.68. The third kappa shape index (κ3) is 4.19. The lowest BCUT2D eigenvalue weighted by Gasteiger charge is -2.22. The summed E-state index contributed by atoms with van der Waals surface area (Å²) in [5.74, 6) is -0.552. The molecule has 7 heteroatoms. The number of amides is 1. The van der Waals surface area contributed by atoms with Crippen molar-refractivity contribution in [3.8, 4) is 0 Å². The SMILES string of the molecule is CNS(=O)(=O)CC(=O)N(Cc1ccco1)c1ccc(C)cc1. The van der Waals surface area contributed by atoms with Crippen LogP contribution in [0.4, 0.5) is 5.69 Å². The predicted octanol–water partition coefficient (Wildman–Crippen LogP) is 1.67. The van der Waals surface area contributed by atoms with Crippen molar-refractivity contribution in [2.24, 2.45) is 0 Å². The number of carbonyl (C=O) groups is 1. The molecule has 0 aliphatic carbocycles. The van der Waals surface area contributed by atoms with Crippen LogP contribution in [-0.2, 0) is 21.4 Å². The van der Waals surface area contributed by atoms with Gasteiger partial charge in [-0.05, 0) is 38.2 Å². The number of aryl methyl sites for hydroxylation is 1. The van der Waals surface area contributed by atoms with E-state index in [4.69, 9.17) is 4.42 Å². The first-order chi connectivity index (χ1) is 10.4. The maximum absolute atomic E-state index is 12.4. The fourth-order valence-corrected chi connectivity index (χ4v) is 2.54. The summed E-state index contributed by atoms with van der Waals surface area (Å²) in [4.78, 5) is 13.8. The van der Waals surface area contributed by atoms with Gasteiger partial charge < -0.3 is 9.32 Å². The Morgan fingerprint density at radius 2 is 1.91 bits per heavy atom. The molecule has 0 fully saturated rings. The van der Waals surface area contributed by atoms with E-state index >= 15 is 0 Å². The van der Waals surface area contributed by atoms with Gasteiger partial charge in [0, 0.05) is 5.69 Å². The maximum atomic E-state index is 12.4. The zero-order chi connectivity index (χ0) is 16.2. The van der Waals surface area contributed by atoms with Crippen LogP contribution in [0.2, 0.25) is 0 Å². The first kappa shape index (κ1) is 16.3. The highest BCUT2D eigenvalue weighted by molar-refractivity contribution is 7.90. The Labute approximate surface area is 129 Å². The number of carbonyl (C=O) groups excluding carboxylic acids is 1. The third-order valence-electron chi connectivity index (χ3n) is 3.17. The Hall–Kier alpha value is -2.12. The van der Waals surface area contributed by atoms with E-state index in [0.29, 0.717) is 11.4 Å². The van der Waals surface area contributed by atoms with Gasteiger partial charge in [0.1, 0.15) is 11.5 Å². The van der Waals surface area contributed by atoms with Gasteiger partial charge in [-0.3, -0.25) is 4.79 Å². The Bertz CT molecular complexity index is 721. The van der Waals surface area contributed by atoms with Crippen LogP contribution in [0.1, 0.15) is 11.3 Å². The molecule has 0 spiro atoms. The van der Waals surface area contributed by atoms with Crippen LogP contribution in [-0.4, -0.2) is 27.1 Å². The highest BCUT2D eigenvalue weighted by atomic mass is 32.2. The van der Waals surface area contributed by atoms with Crippen molar-refractivity contribution in [3.05, 3.63) is 54.0 Å². The second-order valence-corrected chi connectivity index (χ2v) is 6.78. The zero-order valence-electron chi connectivity index (χ0n) is 12.4. The summed E-state index contributed by atoms with van der Waals surface area (Å²) >= 11 is 0. The van der Waals surface area contributed by atoms with Crippen molar-refractivity contribution >= 4 is 21.6 Å². The quantitative estimate of drug-likeness (QED) is 0.877. The number of benzene rings is 1. The highest BCUT2D eigenvalue weighted by Gasteiger charge is 2.23. The van der Waals surface area contributed by atoms with Gasteiger partial charge in [-0.2, -0.15) is 0 Å². The molecule has 0 aliphatic rings. The second kappa shape index (κ2) is 6.76. The Morgan fingerprint density at radius 3 is 2.45 bits per heavy atom. The number of hydrogen-bond donors (Lipinski definition) is 1. The van der Waals surface area contributed by atoms with Crippen LogP contribution >= 0.6 is 0 Å². The molecule has 118 valence electrons. The van der Waals surface area contributed by atoms with Crippen LogP contribution in [0.15, 0.2) is 47.1 Å². The van der Waals surface area contributed by atoms with Gasteiger partial charge >= 0.3 is 0 Å². The molecule has 0 bridgehead atoms. The van der Waals surface area contributed by atoms with Gasteiger partial charge in [0.05, 0.1) is 12.8 Å². The minimum Gasteiger partial charge on any atom is -0.467 e. The molecule has 0 atom stereocenters. The first-order valence-corrected chi connectivity index (χ1v) is 8.37. The fraction of sp³-hybridized carbons (Fsp3) is 0.267. The van der Waals surface area contributed by atoms with E-state index in [1.807, 2.05) is 19.1 Å². The number of nitrogens with zero attached hydrogens (tertiary/aromatic N) is 1. The van der Waals surface area contributed by atoms with E-state index in [0.717, 1.165) is 5.56 Å². The minimum absolute atomic E-state index is 0.175. The third-order valence-corrected chi connectivity index (χ3v) is 4.41. The maximum Gasteiger partial charge on any atom is 0.244 e. The van der Waals surface area contributed by atoms with Crippen LogP contribution in [0.25, 0.3) is 0 Å². The number of anilines is 1. The van der Waals surface area contributed by atoms with E-state index in [2.05, 4.69) is 4.72 Å². The normalized spacial score (nSPS) is 11.4. The van der Waals surface area contributed by atoms with Crippen molar-refractivity contribution in [3.63, 3.8) is 0 Å². The number of rotatable bonds is 6. The summed E-state index contributed by atoms with van der Waals surface area (Å²) in [6.45, 7) is 2.11. The fourth-order valence-electron chi connectivity index (χ4n) is 1.92. The molecule has 2 rings (SSSR count). The molecule has 1 amide bonds. The van der Waals surface area contributed by atoms with Gasteiger partial charge in [0.15, 0.2) is 0 Å². The standard InChI is InChI=1S/C15H18N2O4S/c1-12-5-7-13(8-6-12)17(10-14-4-3-9-21-14)15(18)11-22(19,20)16-2/h3-9,16H,10-11H2,1-2H3. The number of sulfonamides is 1. The van der Waals surface area contributed by atoms with E-state index in [1.165, 1.54) is 18.2 Å². The molecule has 0 aliphatic heterocycles. The molecule has 1 N–H and O–H groups in total.